The van der Waals surface area contributed by atoms with Crippen LogP contribution in [-0.4, -0.2) is 8.42 Å². The van der Waals surface area contributed by atoms with Crippen LogP contribution in [0, 0.1) is 6.92 Å². The Morgan fingerprint density at radius 3 is 2.55 bits per heavy atom. The van der Waals surface area contributed by atoms with Gasteiger partial charge in [-0.05, 0) is 52.7 Å². The summed E-state index contributed by atoms with van der Waals surface area (Å²) in [7, 11) is -3.72. The molecular weight excluding hydrogens is 364 g/mol. The second-order valence-corrected chi connectivity index (χ2v) is 7.14. The molecule has 0 aliphatic carbocycles. The molecule has 0 unspecified atom stereocenters. The standard InChI is InChI=1S/C13H12BrClN2O2S/c1-8-6-10(15)11(16)7-13(8)20(18,19)17-12-5-3-2-4-9(12)14/h2-7,17H,16H2,1H3. The number of halogens is 2. The fourth-order valence-electron chi connectivity index (χ4n) is 1.70. The van der Waals surface area contributed by atoms with E-state index in [2.05, 4.69) is 20.7 Å². The van der Waals surface area contributed by atoms with Gasteiger partial charge in [0, 0.05) is 4.47 Å². The first-order valence-electron chi connectivity index (χ1n) is 5.64. The molecule has 2 rings (SSSR count). The summed E-state index contributed by atoms with van der Waals surface area (Å²) in [5, 5.41) is 0.336. The average Bonchev–Trinajstić information content (AvgIpc) is 2.36. The van der Waals surface area contributed by atoms with Gasteiger partial charge >= 0.3 is 0 Å². The normalized spacial score (nSPS) is 11.3. The predicted octanol–water partition coefficient (Wildman–Crippen LogP) is 3.79. The van der Waals surface area contributed by atoms with Crippen molar-refractivity contribution in [2.24, 2.45) is 0 Å². The summed E-state index contributed by atoms with van der Waals surface area (Å²) in [5.74, 6) is 0. The molecule has 3 N–H and O–H groups in total. The largest absolute Gasteiger partial charge is 0.397 e. The number of aryl methyl sites for hydroxylation is 1. The summed E-state index contributed by atoms with van der Waals surface area (Å²) in [4.78, 5) is 0.107. The van der Waals surface area contributed by atoms with Crippen LogP contribution in [0.3, 0.4) is 0 Å². The number of nitrogens with two attached hydrogens (primary N) is 1. The lowest BCUT2D eigenvalue weighted by atomic mass is 10.2. The Bertz CT molecular complexity index is 763. The zero-order valence-electron chi connectivity index (χ0n) is 10.5. The van der Waals surface area contributed by atoms with E-state index in [1.807, 2.05) is 0 Å². The van der Waals surface area contributed by atoms with Gasteiger partial charge in [-0.1, -0.05) is 23.7 Å². The van der Waals surface area contributed by atoms with Gasteiger partial charge in [0.1, 0.15) is 0 Å². The van der Waals surface area contributed by atoms with Crippen LogP contribution in [-0.2, 0) is 10.0 Å². The van der Waals surface area contributed by atoms with Gasteiger partial charge in [-0.15, -0.1) is 0 Å². The van der Waals surface area contributed by atoms with Crippen molar-refractivity contribution in [3.05, 3.63) is 51.5 Å². The maximum atomic E-state index is 12.4. The molecule has 0 saturated heterocycles. The Hall–Kier alpha value is -1.24. The summed E-state index contributed by atoms with van der Waals surface area (Å²) < 4.78 is 28.0. The Morgan fingerprint density at radius 1 is 1.25 bits per heavy atom. The van der Waals surface area contributed by atoms with Crippen molar-refractivity contribution in [1.29, 1.82) is 0 Å². The fraction of sp³-hybridized carbons (Fsp3) is 0.0769. The third kappa shape index (κ3) is 3.08. The predicted molar refractivity (Wildman–Crippen MR) is 85.6 cm³/mol. The number of sulfonamides is 1. The summed E-state index contributed by atoms with van der Waals surface area (Å²) in [6, 6.07) is 9.85. The van der Waals surface area contributed by atoms with Crippen molar-refractivity contribution in [2.75, 3.05) is 10.5 Å². The van der Waals surface area contributed by atoms with E-state index in [1.54, 1.807) is 31.2 Å². The van der Waals surface area contributed by atoms with Crippen LogP contribution in [0.1, 0.15) is 5.56 Å². The smallest absolute Gasteiger partial charge is 0.262 e. The van der Waals surface area contributed by atoms with Crippen LogP contribution in [0.2, 0.25) is 5.02 Å². The van der Waals surface area contributed by atoms with Crippen LogP contribution in [0.15, 0.2) is 45.8 Å². The van der Waals surface area contributed by atoms with Crippen LogP contribution in [0.5, 0.6) is 0 Å². The third-order valence-electron chi connectivity index (χ3n) is 2.70. The van der Waals surface area contributed by atoms with Crippen molar-refractivity contribution >= 4 is 48.9 Å². The van der Waals surface area contributed by atoms with E-state index in [9.17, 15) is 8.42 Å². The number of benzene rings is 2. The highest BCUT2D eigenvalue weighted by Crippen LogP contribution is 2.29. The summed E-state index contributed by atoms with van der Waals surface area (Å²) in [5.41, 5.74) is 6.89. The van der Waals surface area contributed by atoms with E-state index >= 15 is 0 Å². The van der Waals surface area contributed by atoms with E-state index in [1.165, 1.54) is 12.1 Å². The quantitative estimate of drug-likeness (QED) is 0.802. The van der Waals surface area contributed by atoms with Crippen molar-refractivity contribution in [1.82, 2.24) is 0 Å². The van der Waals surface area contributed by atoms with Gasteiger partial charge in [0.25, 0.3) is 10.0 Å². The molecule has 20 heavy (non-hydrogen) atoms. The molecule has 0 amide bonds. The van der Waals surface area contributed by atoms with Gasteiger partial charge in [-0.25, -0.2) is 8.42 Å². The van der Waals surface area contributed by atoms with Gasteiger partial charge in [0.05, 0.1) is 21.3 Å². The van der Waals surface area contributed by atoms with Crippen LogP contribution in [0.4, 0.5) is 11.4 Å². The fourth-order valence-corrected chi connectivity index (χ4v) is 3.78. The van der Waals surface area contributed by atoms with Gasteiger partial charge < -0.3 is 5.73 Å². The molecule has 7 heteroatoms. The zero-order chi connectivity index (χ0) is 14.9. The van der Waals surface area contributed by atoms with Gasteiger partial charge in [-0.2, -0.15) is 0 Å². The molecule has 0 atom stereocenters. The molecule has 0 heterocycles. The minimum Gasteiger partial charge on any atom is -0.397 e. The Kier molecular flexibility index (Phi) is 4.27. The number of nitrogen functional groups attached to an aromatic ring is 1. The van der Waals surface area contributed by atoms with E-state index in [-0.39, 0.29) is 10.6 Å². The highest BCUT2D eigenvalue weighted by atomic mass is 79.9. The van der Waals surface area contributed by atoms with E-state index in [0.717, 1.165) is 0 Å². The topological polar surface area (TPSA) is 72.2 Å². The summed E-state index contributed by atoms with van der Waals surface area (Å²) in [6.07, 6.45) is 0. The van der Waals surface area contributed by atoms with Crippen molar-refractivity contribution in [3.8, 4) is 0 Å². The highest BCUT2D eigenvalue weighted by molar-refractivity contribution is 9.10. The minimum absolute atomic E-state index is 0.107. The lowest BCUT2D eigenvalue weighted by Gasteiger charge is -2.12. The second kappa shape index (κ2) is 5.63. The summed E-state index contributed by atoms with van der Waals surface area (Å²) >= 11 is 9.17. The number of para-hydroxylation sites is 1. The van der Waals surface area contributed by atoms with Crippen LogP contribution >= 0.6 is 27.5 Å². The number of hydrogen-bond donors (Lipinski definition) is 2. The average molecular weight is 376 g/mol. The van der Waals surface area contributed by atoms with Gasteiger partial charge in [0.2, 0.25) is 0 Å². The van der Waals surface area contributed by atoms with Crippen LogP contribution < -0.4 is 10.5 Å². The lowest BCUT2D eigenvalue weighted by molar-refractivity contribution is 0.600. The maximum Gasteiger partial charge on any atom is 0.262 e. The first-order valence-corrected chi connectivity index (χ1v) is 8.29. The van der Waals surface area contributed by atoms with E-state index in [0.29, 0.717) is 20.7 Å². The molecule has 0 spiro atoms. The number of rotatable bonds is 3. The van der Waals surface area contributed by atoms with Gasteiger partial charge in [0.15, 0.2) is 0 Å². The molecule has 0 fully saturated rings. The molecule has 0 aliphatic heterocycles. The molecule has 0 aromatic heterocycles. The first kappa shape index (κ1) is 15.2. The molecule has 0 aliphatic rings. The Balaban J connectivity index is 2.47. The molecule has 0 saturated carbocycles. The molecule has 106 valence electrons. The molecule has 2 aromatic rings. The van der Waals surface area contributed by atoms with E-state index < -0.39 is 10.0 Å². The molecule has 2 aromatic carbocycles. The maximum absolute atomic E-state index is 12.4. The Morgan fingerprint density at radius 2 is 1.90 bits per heavy atom. The molecule has 4 nitrogen and oxygen atoms in total. The SMILES string of the molecule is Cc1cc(Cl)c(N)cc1S(=O)(=O)Nc1ccccc1Br. The number of anilines is 2. The second-order valence-electron chi connectivity index (χ2n) is 4.22. The van der Waals surface area contributed by atoms with Crippen LogP contribution in [0.25, 0.3) is 0 Å². The number of nitrogens with one attached hydrogen (secondary N) is 1. The van der Waals surface area contributed by atoms with Crippen molar-refractivity contribution in [3.63, 3.8) is 0 Å². The van der Waals surface area contributed by atoms with Crippen molar-refractivity contribution in [2.45, 2.75) is 11.8 Å². The first-order chi connectivity index (χ1) is 9.31. The van der Waals surface area contributed by atoms with Gasteiger partial charge in [-0.3, -0.25) is 4.72 Å². The summed E-state index contributed by atoms with van der Waals surface area (Å²) in [6.45, 7) is 1.67. The Labute approximate surface area is 131 Å². The van der Waals surface area contributed by atoms with E-state index in [4.69, 9.17) is 17.3 Å². The monoisotopic (exact) mass is 374 g/mol. The lowest BCUT2D eigenvalue weighted by Crippen LogP contribution is -2.15. The molecular formula is C13H12BrClN2O2S. The molecule has 0 bridgehead atoms. The zero-order valence-corrected chi connectivity index (χ0v) is 13.7. The number of hydrogen-bond acceptors (Lipinski definition) is 3. The van der Waals surface area contributed by atoms with Crippen molar-refractivity contribution < 1.29 is 8.42 Å². The molecule has 0 radical (unpaired) electrons. The highest BCUT2D eigenvalue weighted by Gasteiger charge is 2.19. The minimum atomic E-state index is -3.72. The third-order valence-corrected chi connectivity index (χ3v) is 5.23.